The van der Waals surface area contributed by atoms with Crippen LogP contribution in [-0.4, -0.2) is 5.78 Å². The normalized spacial score (nSPS) is 12.4. The van der Waals surface area contributed by atoms with Crippen molar-refractivity contribution in [2.75, 3.05) is 0 Å². The average molecular weight is 210 g/mol. The number of rotatable bonds is 10. The van der Waals surface area contributed by atoms with E-state index >= 15 is 0 Å². The molecular formula is C14H26O. The molecule has 1 atom stereocenters. The molecule has 1 nitrogen and oxygen atoms in total. The van der Waals surface area contributed by atoms with Crippen LogP contribution in [0, 0.1) is 5.92 Å². The fraction of sp³-hybridized carbons (Fsp3) is 0.786. The average Bonchev–Trinajstić information content (AvgIpc) is 2.21. The molecule has 0 rings (SSSR count). The Labute approximate surface area is 95.0 Å². The molecule has 1 heteroatoms. The van der Waals surface area contributed by atoms with Gasteiger partial charge in [-0.1, -0.05) is 57.9 Å². The Bertz CT molecular complexity index is 172. The van der Waals surface area contributed by atoms with Gasteiger partial charge in [0.25, 0.3) is 0 Å². The van der Waals surface area contributed by atoms with E-state index in [1.807, 2.05) is 0 Å². The second-order valence-electron chi connectivity index (χ2n) is 4.36. The summed E-state index contributed by atoms with van der Waals surface area (Å²) in [6.45, 7) is 7.60. The quantitative estimate of drug-likeness (QED) is 0.383. The van der Waals surface area contributed by atoms with Crippen LogP contribution in [0.3, 0.4) is 0 Å². The summed E-state index contributed by atoms with van der Waals surface area (Å²) >= 11 is 0. The van der Waals surface area contributed by atoms with Crippen molar-refractivity contribution < 1.29 is 4.79 Å². The van der Waals surface area contributed by atoms with Gasteiger partial charge in [-0.3, -0.25) is 4.79 Å². The standard InChI is InChI=1S/C14H26O/c1-4-6-7-8-9-10-11-12-14(5-2)13(3)15/h5,14H,2,4,6-12H2,1,3H3. The molecule has 15 heavy (non-hydrogen) atoms. The minimum absolute atomic E-state index is 0.0978. The summed E-state index contributed by atoms with van der Waals surface area (Å²) in [7, 11) is 0. The molecule has 0 saturated heterocycles. The van der Waals surface area contributed by atoms with Gasteiger partial charge in [0.2, 0.25) is 0 Å². The minimum Gasteiger partial charge on any atom is -0.299 e. The van der Waals surface area contributed by atoms with Crippen LogP contribution in [0.25, 0.3) is 0 Å². The molecule has 0 amide bonds. The van der Waals surface area contributed by atoms with E-state index in [4.69, 9.17) is 0 Å². The van der Waals surface area contributed by atoms with Gasteiger partial charge in [-0.15, -0.1) is 6.58 Å². The first kappa shape index (κ1) is 14.4. The Morgan fingerprint density at radius 3 is 2.13 bits per heavy atom. The summed E-state index contributed by atoms with van der Waals surface area (Å²) in [5, 5.41) is 0. The Balaban J connectivity index is 3.29. The van der Waals surface area contributed by atoms with Crippen LogP contribution in [-0.2, 0) is 4.79 Å². The van der Waals surface area contributed by atoms with Crippen molar-refractivity contribution in [1.82, 2.24) is 0 Å². The van der Waals surface area contributed by atoms with E-state index < -0.39 is 0 Å². The van der Waals surface area contributed by atoms with E-state index in [2.05, 4.69) is 13.5 Å². The number of hydrogen-bond donors (Lipinski definition) is 0. The summed E-state index contributed by atoms with van der Waals surface area (Å²) in [6.07, 6.45) is 11.9. The monoisotopic (exact) mass is 210 g/mol. The number of unbranched alkanes of at least 4 members (excludes halogenated alkanes) is 6. The Kier molecular flexibility index (Phi) is 9.55. The lowest BCUT2D eigenvalue weighted by molar-refractivity contribution is -0.119. The van der Waals surface area contributed by atoms with Gasteiger partial charge in [-0.25, -0.2) is 0 Å². The number of allylic oxidation sites excluding steroid dienone is 1. The topological polar surface area (TPSA) is 17.1 Å². The molecule has 0 aliphatic carbocycles. The van der Waals surface area contributed by atoms with Gasteiger partial charge in [-0.05, 0) is 13.3 Å². The second-order valence-corrected chi connectivity index (χ2v) is 4.36. The third kappa shape index (κ3) is 8.41. The summed E-state index contributed by atoms with van der Waals surface area (Å²) in [6, 6.07) is 0. The maximum Gasteiger partial charge on any atom is 0.136 e. The van der Waals surface area contributed by atoms with Crippen molar-refractivity contribution in [3.8, 4) is 0 Å². The van der Waals surface area contributed by atoms with Gasteiger partial charge in [0.15, 0.2) is 0 Å². The van der Waals surface area contributed by atoms with Crippen molar-refractivity contribution in [3.63, 3.8) is 0 Å². The Morgan fingerprint density at radius 1 is 1.13 bits per heavy atom. The molecule has 0 aromatic rings. The zero-order valence-electron chi connectivity index (χ0n) is 10.4. The predicted molar refractivity (Wildman–Crippen MR) is 67.0 cm³/mol. The largest absolute Gasteiger partial charge is 0.299 e. The predicted octanol–water partition coefficient (Wildman–Crippen LogP) is 4.52. The molecule has 0 aliphatic rings. The molecule has 0 radical (unpaired) electrons. The highest BCUT2D eigenvalue weighted by atomic mass is 16.1. The van der Waals surface area contributed by atoms with Crippen LogP contribution >= 0.6 is 0 Å². The fourth-order valence-corrected chi connectivity index (χ4v) is 1.81. The van der Waals surface area contributed by atoms with Crippen LogP contribution in [0.4, 0.5) is 0 Å². The highest BCUT2D eigenvalue weighted by Gasteiger charge is 2.08. The molecule has 0 bridgehead atoms. The van der Waals surface area contributed by atoms with Crippen molar-refractivity contribution in [2.24, 2.45) is 5.92 Å². The van der Waals surface area contributed by atoms with E-state index in [1.54, 1.807) is 13.0 Å². The maximum atomic E-state index is 11.1. The van der Waals surface area contributed by atoms with Crippen LogP contribution < -0.4 is 0 Å². The third-order valence-corrected chi connectivity index (χ3v) is 2.93. The van der Waals surface area contributed by atoms with Crippen molar-refractivity contribution in [1.29, 1.82) is 0 Å². The van der Waals surface area contributed by atoms with Gasteiger partial charge >= 0.3 is 0 Å². The van der Waals surface area contributed by atoms with Crippen LogP contribution in [0.2, 0.25) is 0 Å². The van der Waals surface area contributed by atoms with Crippen LogP contribution in [0.1, 0.15) is 65.2 Å². The number of carbonyl (C=O) groups excluding carboxylic acids is 1. The number of carbonyl (C=O) groups is 1. The first-order chi connectivity index (χ1) is 7.22. The van der Waals surface area contributed by atoms with Crippen molar-refractivity contribution in [2.45, 2.75) is 65.2 Å². The first-order valence-electron chi connectivity index (χ1n) is 6.35. The molecule has 1 unspecified atom stereocenters. The summed E-state index contributed by atoms with van der Waals surface area (Å²) in [4.78, 5) is 11.1. The molecule has 0 aliphatic heterocycles. The molecule has 0 N–H and O–H groups in total. The summed E-state index contributed by atoms with van der Waals surface area (Å²) in [5.74, 6) is 0.358. The summed E-state index contributed by atoms with van der Waals surface area (Å²) in [5.41, 5.74) is 0. The third-order valence-electron chi connectivity index (χ3n) is 2.93. The summed E-state index contributed by atoms with van der Waals surface area (Å²) < 4.78 is 0. The number of hydrogen-bond acceptors (Lipinski definition) is 1. The molecule has 0 heterocycles. The number of ketones is 1. The van der Waals surface area contributed by atoms with Gasteiger partial charge in [0.1, 0.15) is 5.78 Å². The molecule has 0 spiro atoms. The Morgan fingerprint density at radius 2 is 1.67 bits per heavy atom. The maximum absolute atomic E-state index is 11.1. The fourth-order valence-electron chi connectivity index (χ4n) is 1.81. The first-order valence-corrected chi connectivity index (χ1v) is 6.35. The van der Waals surface area contributed by atoms with Gasteiger partial charge in [0, 0.05) is 5.92 Å². The van der Waals surface area contributed by atoms with Crippen molar-refractivity contribution in [3.05, 3.63) is 12.7 Å². The smallest absolute Gasteiger partial charge is 0.136 e. The minimum atomic E-state index is 0.0978. The van der Waals surface area contributed by atoms with Crippen LogP contribution in [0.15, 0.2) is 12.7 Å². The molecule has 0 saturated carbocycles. The lowest BCUT2D eigenvalue weighted by Crippen LogP contribution is -2.07. The zero-order valence-corrected chi connectivity index (χ0v) is 10.4. The molecule has 0 aromatic carbocycles. The Hall–Kier alpha value is -0.590. The highest BCUT2D eigenvalue weighted by Crippen LogP contribution is 2.14. The van der Waals surface area contributed by atoms with E-state index in [0.717, 1.165) is 6.42 Å². The second kappa shape index (κ2) is 9.95. The van der Waals surface area contributed by atoms with E-state index in [9.17, 15) is 4.79 Å². The molecule has 88 valence electrons. The number of Topliss-reactive ketones (excluding diaryl/α,β-unsaturated/α-hetero) is 1. The molecule has 0 fully saturated rings. The lowest BCUT2D eigenvalue weighted by Gasteiger charge is -2.07. The zero-order chi connectivity index (χ0) is 11.5. The van der Waals surface area contributed by atoms with Gasteiger partial charge in [0.05, 0.1) is 0 Å². The van der Waals surface area contributed by atoms with Crippen LogP contribution in [0.5, 0.6) is 0 Å². The highest BCUT2D eigenvalue weighted by molar-refractivity contribution is 5.79. The van der Waals surface area contributed by atoms with Crippen molar-refractivity contribution >= 4 is 5.78 Å². The van der Waals surface area contributed by atoms with Gasteiger partial charge < -0.3 is 0 Å². The van der Waals surface area contributed by atoms with E-state index in [1.165, 1.54) is 44.9 Å². The van der Waals surface area contributed by atoms with Gasteiger partial charge in [-0.2, -0.15) is 0 Å². The molecule has 0 aromatic heterocycles. The molecular weight excluding hydrogens is 184 g/mol. The van der Waals surface area contributed by atoms with E-state index in [-0.39, 0.29) is 11.7 Å². The SMILES string of the molecule is C=CC(CCCCCCCCC)C(C)=O. The lowest BCUT2D eigenvalue weighted by atomic mass is 9.97. The van der Waals surface area contributed by atoms with E-state index in [0.29, 0.717) is 0 Å².